The summed E-state index contributed by atoms with van der Waals surface area (Å²) in [6.45, 7) is 4.53. The predicted molar refractivity (Wildman–Crippen MR) is 54.4 cm³/mol. The van der Waals surface area contributed by atoms with Crippen LogP contribution in [0.5, 0.6) is 0 Å². The van der Waals surface area contributed by atoms with Gasteiger partial charge in [-0.25, -0.2) is 0 Å². The van der Waals surface area contributed by atoms with Crippen molar-refractivity contribution < 1.29 is 9.53 Å². The molecule has 0 aliphatic rings. The van der Waals surface area contributed by atoms with E-state index in [0.717, 1.165) is 17.5 Å². The van der Waals surface area contributed by atoms with Crippen molar-refractivity contribution in [2.45, 2.75) is 26.4 Å². The van der Waals surface area contributed by atoms with Gasteiger partial charge in [0.05, 0.1) is 12.3 Å². The van der Waals surface area contributed by atoms with Gasteiger partial charge >= 0.3 is 0 Å². The number of aldehydes is 1. The number of rotatable bonds is 4. The summed E-state index contributed by atoms with van der Waals surface area (Å²) in [7, 11) is 1.62. The third-order valence-electron chi connectivity index (χ3n) is 1.99. The topological polar surface area (TPSA) is 39.2 Å². The molecular formula is C11H15NO2. The van der Waals surface area contributed by atoms with Crippen molar-refractivity contribution in [1.82, 2.24) is 4.98 Å². The molecule has 1 aromatic rings. The molecule has 0 saturated carbocycles. The highest BCUT2D eigenvalue weighted by Crippen LogP contribution is 2.16. The molecule has 0 amide bonds. The number of hydrogen-bond donors (Lipinski definition) is 0. The van der Waals surface area contributed by atoms with E-state index in [4.69, 9.17) is 4.74 Å². The van der Waals surface area contributed by atoms with Crippen molar-refractivity contribution in [3.63, 3.8) is 0 Å². The average molecular weight is 193 g/mol. The quantitative estimate of drug-likeness (QED) is 0.688. The lowest BCUT2D eigenvalue weighted by Crippen LogP contribution is -2.01. The van der Waals surface area contributed by atoms with Gasteiger partial charge in [-0.05, 0) is 17.5 Å². The van der Waals surface area contributed by atoms with Crippen LogP contribution in [0.25, 0.3) is 0 Å². The number of carbonyl (C=O) groups excluding carboxylic acids is 1. The van der Waals surface area contributed by atoms with E-state index >= 15 is 0 Å². The van der Waals surface area contributed by atoms with E-state index in [9.17, 15) is 4.79 Å². The van der Waals surface area contributed by atoms with Crippen LogP contribution in [-0.4, -0.2) is 18.4 Å². The van der Waals surface area contributed by atoms with Crippen LogP contribution in [0.1, 0.15) is 41.4 Å². The summed E-state index contributed by atoms with van der Waals surface area (Å²) in [5, 5.41) is 0. The molecule has 0 radical (unpaired) electrons. The summed E-state index contributed by atoms with van der Waals surface area (Å²) in [4.78, 5) is 15.1. The highest BCUT2D eigenvalue weighted by molar-refractivity contribution is 5.76. The molecule has 0 spiro atoms. The number of pyridine rings is 1. The Morgan fingerprint density at radius 1 is 1.57 bits per heavy atom. The molecule has 0 unspecified atom stereocenters. The lowest BCUT2D eigenvalue weighted by Gasteiger charge is -2.08. The summed E-state index contributed by atoms with van der Waals surface area (Å²) in [6.07, 6.45) is 2.60. The van der Waals surface area contributed by atoms with Gasteiger partial charge in [-0.15, -0.1) is 0 Å². The van der Waals surface area contributed by atoms with Crippen LogP contribution in [0.2, 0.25) is 0 Å². The first-order valence-electron chi connectivity index (χ1n) is 4.62. The van der Waals surface area contributed by atoms with Crippen LogP contribution in [0, 0.1) is 0 Å². The summed E-state index contributed by atoms with van der Waals surface area (Å²) in [5.41, 5.74) is 2.44. The van der Waals surface area contributed by atoms with Crippen LogP contribution < -0.4 is 0 Å². The first-order valence-corrected chi connectivity index (χ1v) is 4.62. The molecule has 0 saturated heterocycles. The molecule has 3 heteroatoms. The average Bonchev–Trinajstić information content (AvgIpc) is 2.17. The second-order valence-electron chi connectivity index (χ2n) is 3.52. The van der Waals surface area contributed by atoms with Gasteiger partial charge in [-0.3, -0.25) is 9.78 Å². The molecular weight excluding hydrogens is 178 g/mol. The molecule has 3 nitrogen and oxygen atoms in total. The zero-order chi connectivity index (χ0) is 10.6. The van der Waals surface area contributed by atoms with E-state index in [-0.39, 0.29) is 5.92 Å². The lowest BCUT2D eigenvalue weighted by atomic mass is 10.0. The van der Waals surface area contributed by atoms with Crippen LogP contribution in [0.3, 0.4) is 0 Å². The van der Waals surface area contributed by atoms with Gasteiger partial charge in [0.15, 0.2) is 6.29 Å². The Labute approximate surface area is 84.1 Å². The predicted octanol–water partition coefficient (Wildman–Crippen LogP) is 2.16. The minimum atomic E-state index is 0.270. The Hall–Kier alpha value is -1.22. The van der Waals surface area contributed by atoms with Crippen molar-refractivity contribution in [2.75, 3.05) is 7.11 Å². The normalized spacial score (nSPS) is 10.6. The Morgan fingerprint density at radius 2 is 2.29 bits per heavy atom. The SMILES string of the molecule is COCc1cnc(C(C)C)c(C=O)c1. The molecule has 1 rings (SSSR count). The molecule has 76 valence electrons. The number of methoxy groups -OCH3 is 1. The second-order valence-corrected chi connectivity index (χ2v) is 3.52. The number of carbonyl (C=O) groups is 1. The first-order chi connectivity index (χ1) is 6.69. The van der Waals surface area contributed by atoms with Crippen LogP contribution >= 0.6 is 0 Å². The molecule has 1 aromatic heterocycles. The van der Waals surface area contributed by atoms with Crippen LogP contribution in [-0.2, 0) is 11.3 Å². The lowest BCUT2D eigenvalue weighted by molar-refractivity contribution is 0.112. The summed E-state index contributed by atoms with van der Waals surface area (Å²) in [6, 6.07) is 1.83. The molecule has 14 heavy (non-hydrogen) atoms. The molecule has 0 aliphatic carbocycles. The van der Waals surface area contributed by atoms with Gasteiger partial charge in [-0.1, -0.05) is 13.8 Å². The summed E-state index contributed by atoms with van der Waals surface area (Å²) < 4.78 is 4.97. The van der Waals surface area contributed by atoms with Crippen molar-refractivity contribution in [1.29, 1.82) is 0 Å². The largest absolute Gasteiger partial charge is 0.380 e. The van der Waals surface area contributed by atoms with Gasteiger partial charge in [0.1, 0.15) is 0 Å². The van der Waals surface area contributed by atoms with E-state index in [0.29, 0.717) is 12.2 Å². The zero-order valence-electron chi connectivity index (χ0n) is 8.78. The first kappa shape index (κ1) is 10.9. The van der Waals surface area contributed by atoms with Crippen molar-refractivity contribution in [2.24, 2.45) is 0 Å². The maximum Gasteiger partial charge on any atom is 0.151 e. The zero-order valence-corrected chi connectivity index (χ0v) is 8.78. The second kappa shape index (κ2) is 4.86. The standard InChI is InChI=1S/C11H15NO2/c1-8(2)11-10(6-13)4-9(5-12-11)7-14-3/h4-6,8H,7H2,1-3H3. The molecule has 0 fully saturated rings. The molecule has 0 N–H and O–H groups in total. The smallest absolute Gasteiger partial charge is 0.151 e. The van der Waals surface area contributed by atoms with Gasteiger partial charge in [0, 0.05) is 18.9 Å². The highest BCUT2D eigenvalue weighted by atomic mass is 16.5. The Kier molecular flexibility index (Phi) is 3.77. The van der Waals surface area contributed by atoms with E-state index < -0.39 is 0 Å². The molecule has 0 atom stereocenters. The van der Waals surface area contributed by atoms with E-state index in [1.165, 1.54) is 0 Å². The van der Waals surface area contributed by atoms with Gasteiger partial charge < -0.3 is 4.74 Å². The van der Waals surface area contributed by atoms with E-state index in [2.05, 4.69) is 4.98 Å². The van der Waals surface area contributed by atoms with Gasteiger partial charge in [-0.2, -0.15) is 0 Å². The fraction of sp³-hybridized carbons (Fsp3) is 0.455. The minimum Gasteiger partial charge on any atom is -0.380 e. The highest BCUT2D eigenvalue weighted by Gasteiger charge is 2.08. The van der Waals surface area contributed by atoms with Crippen molar-refractivity contribution in [3.8, 4) is 0 Å². The van der Waals surface area contributed by atoms with E-state index in [1.54, 1.807) is 13.3 Å². The Morgan fingerprint density at radius 3 is 2.79 bits per heavy atom. The fourth-order valence-corrected chi connectivity index (χ4v) is 1.36. The number of nitrogens with zero attached hydrogens (tertiary/aromatic N) is 1. The Bertz CT molecular complexity index is 321. The maximum atomic E-state index is 10.8. The number of aromatic nitrogens is 1. The van der Waals surface area contributed by atoms with Crippen LogP contribution in [0.15, 0.2) is 12.3 Å². The molecule has 1 heterocycles. The molecule has 0 aliphatic heterocycles. The number of ether oxygens (including phenoxy) is 1. The maximum absolute atomic E-state index is 10.8. The third-order valence-corrected chi connectivity index (χ3v) is 1.99. The Balaban J connectivity index is 3.05. The van der Waals surface area contributed by atoms with E-state index in [1.807, 2.05) is 19.9 Å². The third kappa shape index (κ3) is 2.39. The molecule has 0 bridgehead atoms. The van der Waals surface area contributed by atoms with Gasteiger partial charge in [0.25, 0.3) is 0 Å². The molecule has 0 aromatic carbocycles. The minimum absolute atomic E-state index is 0.270. The summed E-state index contributed by atoms with van der Waals surface area (Å²) >= 11 is 0. The fourth-order valence-electron chi connectivity index (χ4n) is 1.36. The van der Waals surface area contributed by atoms with Crippen molar-refractivity contribution in [3.05, 3.63) is 29.1 Å². The number of hydrogen-bond acceptors (Lipinski definition) is 3. The summed E-state index contributed by atoms with van der Waals surface area (Å²) in [5.74, 6) is 0.270. The monoisotopic (exact) mass is 193 g/mol. The van der Waals surface area contributed by atoms with Gasteiger partial charge in [0.2, 0.25) is 0 Å². The van der Waals surface area contributed by atoms with Crippen LogP contribution in [0.4, 0.5) is 0 Å². The van der Waals surface area contributed by atoms with Crippen molar-refractivity contribution >= 4 is 6.29 Å².